The van der Waals surface area contributed by atoms with Crippen LogP contribution < -0.4 is 16.0 Å². The Morgan fingerprint density at radius 2 is 1.67 bits per heavy atom. The Kier molecular flexibility index (Phi) is 8.01. The summed E-state index contributed by atoms with van der Waals surface area (Å²) >= 11 is 1.59. The fourth-order valence-corrected chi connectivity index (χ4v) is 7.01. The monoisotopic (exact) mass is 596 g/mol. The van der Waals surface area contributed by atoms with Crippen LogP contribution in [0.25, 0.3) is 5.69 Å². The first-order valence-corrected chi connectivity index (χ1v) is 16.0. The van der Waals surface area contributed by atoms with Crippen LogP contribution in [0.2, 0.25) is 0 Å². The van der Waals surface area contributed by atoms with E-state index in [4.69, 9.17) is 5.10 Å². The van der Waals surface area contributed by atoms with Crippen LogP contribution in [0.5, 0.6) is 0 Å². The van der Waals surface area contributed by atoms with Crippen molar-refractivity contribution in [3.8, 4) is 5.69 Å². The standard InChI is InChI=1S/C34H40N6O2S/c1-22-8-10-27(11-9-22)40-31(20-30(38-40)34(2,3)4)37-32(41)35-25-7-5-6-23(17-25)16-24-18-28-12-13-29(19-24)39(28)33(42)36-26-14-15-43-21-26/h5-11,14-15,17,20-21,24,28-29H,12-13,16,18-19H2,1-4H3,(H,36,42)(H2,35,37,41)/t24-,28+,29-. The molecule has 4 heterocycles. The zero-order chi connectivity index (χ0) is 30.1. The maximum atomic E-state index is 13.2. The molecule has 224 valence electrons. The Bertz CT molecular complexity index is 1570. The summed E-state index contributed by atoms with van der Waals surface area (Å²) < 4.78 is 1.79. The molecule has 43 heavy (non-hydrogen) atoms. The van der Waals surface area contributed by atoms with E-state index >= 15 is 0 Å². The molecule has 0 saturated carbocycles. The number of aryl methyl sites for hydroxylation is 1. The highest BCUT2D eigenvalue weighted by molar-refractivity contribution is 7.08. The number of amides is 4. The molecule has 8 nitrogen and oxygen atoms in total. The van der Waals surface area contributed by atoms with E-state index in [1.807, 2.05) is 66.2 Å². The molecular formula is C34H40N6O2S. The molecule has 0 aliphatic carbocycles. The highest BCUT2D eigenvalue weighted by atomic mass is 32.1. The molecule has 0 radical (unpaired) electrons. The van der Waals surface area contributed by atoms with E-state index in [1.165, 1.54) is 5.56 Å². The molecular weight excluding hydrogens is 556 g/mol. The lowest BCUT2D eigenvalue weighted by molar-refractivity contribution is 0.131. The van der Waals surface area contributed by atoms with Crippen LogP contribution in [0.15, 0.2) is 71.4 Å². The van der Waals surface area contributed by atoms with E-state index in [0.29, 0.717) is 11.7 Å². The predicted octanol–water partition coefficient (Wildman–Crippen LogP) is 8.20. The summed E-state index contributed by atoms with van der Waals surface area (Å²) in [6, 6.07) is 20.4. The minimum absolute atomic E-state index is 0.0277. The molecule has 2 aliphatic rings. The third kappa shape index (κ3) is 6.62. The second-order valence-electron chi connectivity index (χ2n) is 13.0. The van der Waals surface area contributed by atoms with Gasteiger partial charge in [0.15, 0.2) is 0 Å². The highest BCUT2D eigenvalue weighted by Crippen LogP contribution is 2.40. The Morgan fingerprint density at radius 1 is 0.930 bits per heavy atom. The maximum Gasteiger partial charge on any atom is 0.324 e. The van der Waals surface area contributed by atoms with Gasteiger partial charge in [0.05, 0.1) is 17.1 Å². The molecule has 3 N–H and O–H groups in total. The number of anilines is 3. The van der Waals surface area contributed by atoms with E-state index in [1.54, 1.807) is 16.0 Å². The number of urea groups is 2. The summed E-state index contributed by atoms with van der Waals surface area (Å²) in [6.45, 7) is 8.38. The smallest absolute Gasteiger partial charge is 0.319 e. The van der Waals surface area contributed by atoms with Crippen LogP contribution in [-0.2, 0) is 11.8 Å². The van der Waals surface area contributed by atoms with Crippen LogP contribution in [0.3, 0.4) is 0 Å². The van der Waals surface area contributed by atoms with Gasteiger partial charge < -0.3 is 15.5 Å². The Labute approximate surface area is 257 Å². The van der Waals surface area contributed by atoms with Crippen molar-refractivity contribution in [1.29, 1.82) is 0 Å². The average Bonchev–Trinajstić information content (AvgIpc) is 3.68. The van der Waals surface area contributed by atoms with Gasteiger partial charge in [0, 0.05) is 34.6 Å². The molecule has 9 heteroatoms. The van der Waals surface area contributed by atoms with Gasteiger partial charge in [-0.3, -0.25) is 5.32 Å². The zero-order valence-electron chi connectivity index (χ0n) is 25.3. The quantitative estimate of drug-likeness (QED) is 0.210. The van der Waals surface area contributed by atoms with Gasteiger partial charge in [-0.1, -0.05) is 50.6 Å². The molecule has 2 aliphatic heterocycles. The normalized spacial score (nSPS) is 19.7. The molecule has 0 spiro atoms. The van der Waals surface area contributed by atoms with Crippen molar-refractivity contribution in [2.45, 2.75) is 77.3 Å². The van der Waals surface area contributed by atoms with Gasteiger partial charge in [0.1, 0.15) is 5.82 Å². The Morgan fingerprint density at radius 3 is 2.35 bits per heavy atom. The second kappa shape index (κ2) is 11.9. The zero-order valence-corrected chi connectivity index (χ0v) is 26.1. The molecule has 0 unspecified atom stereocenters. The molecule has 6 rings (SSSR count). The first-order valence-electron chi connectivity index (χ1n) is 15.1. The lowest BCUT2D eigenvalue weighted by Gasteiger charge is -2.39. The number of nitrogens with zero attached hydrogens (tertiary/aromatic N) is 3. The Balaban J connectivity index is 1.09. The van der Waals surface area contributed by atoms with E-state index < -0.39 is 0 Å². The number of rotatable bonds is 6. The number of fused-ring (bicyclic) bond motifs is 2. The van der Waals surface area contributed by atoms with E-state index in [2.05, 4.69) is 53.8 Å². The summed E-state index contributed by atoms with van der Waals surface area (Å²) in [5.74, 6) is 1.12. The van der Waals surface area contributed by atoms with Crippen LogP contribution in [-0.4, -0.2) is 38.8 Å². The van der Waals surface area contributed by atoms with Gasteiger partial charge >= 0.3 is 12.1 Å². The van der Waals surface area contributed by atoms with Crippen molar-refractivity contribution in [1.82, 2.24) is 14.7 Å². The van der Waals surface area contributed by atoms with E-state index in [9.17, 15) is 9.59 Å². The summed E-state index contributed by atoms with van der Waals surface area (Å²) in [5.41, 5.74) is 5.61. The number of hydrogen-bond acceptors (Lipinski definition) is 4. The number of hydrogen-bond donors (Lipinski definition) is 3. The SMILES string of the molecule is Cc1ccc(-n2nc(C(C)(C)C)cc2NC(=O)Nc2cccc(C[C@H]3C[C@H]4CC[C@@H](C3)N4C(=O)Nc3ccsc3)c2)cc1. The number of carbonyl (C=O) groups is 2. The largest absolute Gasteiger partial charge is 0.324 e. The van der Waals surface area contributed by atoms with Crippen molar-refractivity contribution in [3.63, 3.8) is 0 Å². The van der Waals surface area contributed by atoms with Gasteiger partial charge in [-0.2, -0.15) is 16.4 Å². The lowest BCUT2D eigenvalue weighted by Crippen LogP contribution is -2.48. The van der Waals surface area contributed by atoms with Crippen molar-refractivity contribution in [3.05, 3.63) is 88.2 Å². The van der Waals surface area contributed by atoms with Crippen LogP contribution in [0.4, 0.5) is 26.8 Å². The molecule has 2 bridgehead atoms. The number of piperidine rings is 1. The minimum atomic E-state index is -0.311. The number of carbonyl (C=O) groups excluding carboxylic acids is 2. The van der Waals surface area contributed by atoms with Gasteiger partial charge in [-0.15, -0.1) is 0 Å². The van der Waals surface area contributed by atoms with Gasteiger partial charge in [-0.05, 0) is 86.2 Å². The average molecular weight is 597 g/mol. The van der Waals surface area contributed by atoms with Crippen LogP contribution >= 0.6 is 11.3 Å². The third-order valence-corrected chi connectivity index (χ3v) is 9.23. The number of benzene rings is 2. The highest BCUT2D eigenvalue weighted by Gasteiger charge is 2.43. The van der Waals surface area contributed by atoms with E-state index in [0.717, 1.165) is 60.4 Å². The summed E-state index contributed by atoms with van der Waals surface area (Å²) in [6.07, 6.45) is 5.07. The number of aromatic nitrogens is 2. The lowest BCUT2D eigenvalue weighted by atomic mass is 9.86. The summed E-state index contributed by atoms with van der Waals surface area (Å²) in [5, 5.41) is 17.9. The number of nitrogens with one attached hydrogen (secondary N) is 3. The van der Waals surface area contributed by atoms with Crippen molar-refractivity contribution in [2.75, 3.05) is 16.0 Å². The van der Waals surface area contributed by atoms with Crippen LogP contribution in [0.1, 0.15) is 63.3 Å². The minimum Gasteiger partial charge on any atom is -0.319 e. The second-order valence-corrected chi connectivity index (χ2v) is 13.7. The molecule has 2 saturated heterocycles. The number of thiophene rings is 1. The molecule has 2 aromatic heterocycles. The maximum absolute atomic E-state index is 13.2. The summed E-state index contributed by atoms with van der Waals surface area (Å²) in [4.78, 5) is 28.3. The van der Waals surface area contributed by atoms with Gasteiger partial charge in [-0.25, -0.2) is 14.3 Å². The van der Waals surface area contributed by atoms with Crippen LogP contribution in [0, 0.1) is 12.8 Å². The first-order chi connectivity index (χ1) is 20.6. The predicted molar refractivity (Wildman–Crippen MR) is 174 cm³/mol. The molecule has 4 aromatic rings. The molecule has 2 aromatic carbocycles. The third-order valence-electron chi connectivity index (χ3n) is 8.54. The van der Waals surface area contributed by atoms with Crippen molar-refractivity contribution in [2.24, 2.45) is 5.92 Å². The Hall–Kier alpha value is -4.11. The van der Waals surface area contributed by atoms with E-state index in [-0.39, 0.29) is 29.6 Å². The van der Waals surface area contributed by atoms with Crippen molar-refractivity contribution < 1.29 is 9.59 Å². The molecule has 4 amide bonds. The van der Waals surface area contributed by atoms with Gasteiger partial charge in [0.25, 0.3) is 0 Å². The van der Waals surface area contributed by atoms with Gasteiger partial charge in [0.2, 0.25) is 0 Å². The van der Waals surface area contributed by atoms with Crippen molar-refractivity contribution >= 4 is 40.6 Å². The fourth-order valence-electron chi connectivity index (χ4n) is 6.42. The molecule has 2 fully saturated rings. The topological polar surface area (TPSA) is 91.3 Å². The first kappa shape index (κ1) is 29.0. The molecule has 3 atom stereocenters. The fraction of sp³-hybridized carbons (Fsp3) is 0.382. The summed E-state index contributed by atoms with van der Waals surface area (Å²) in [7, 11) is 0.